The lowest BCUT2D eigenvalue weighted by atomic mass is 9.80. The van der Waals surface area contributed by atoms with Crippen molar-refractivity contribution in [3.8, 4) is 11.3 Å². The summed E-state index contributed by atoms with van der Waals surface area (Å²) in [7, 11) is 3.67. The van der Waals surface area contributed by atoms with Crippen molar-refractivity contribution in [1.29, 1.82) is 0 Å². The molecule has 1 heterocycles. The van der Waals surface area contributed by atoms with E-state index in [1.165, 1.54) is 11.3 Å². The molecule has 0 bridgehead atoms. The standard InChI is InChI=1S/C26H28N4O4S/c1-30(2)15-22(31)28-20-9-7-17(8-10-20)21-16-35-23(29-21)14-27-25(34)26(13-24(32)33)11-18-5-3-4-6-19(18)12-26/h3-10,16H,11-15H2,1-2H3,(H,27,34)(H,28,31)(H,32,33). The molecule has 0 radical (unpaired) electrons. The number of thiazole rings is 1. The van der Waals surface area contributed by atoms with E-state index in [-0.39, 0.29) is 24.8 Å². The van der Waals surface area contributed by atoms with E-state index in [9.17, 15) is 19.5 Å². The first-order chi connectivity index (χ1) is 16.7. The van der Waals surface area contributed by atoms with Crippen molar-refractivity contribution in [2.24, 2.45) is 5.41 Å². The van der Waals surface area contributed by atoms with Crippen molar-refractivity contribution in [3.63, 3.8) is 0 Å². The van der Waals surface area contributed by atoms with Crippen LogP contribution in [-0.2, 0) is 33.8 Å². The van der Waals surface area contributed by atoms with Crippen molar-refractivity contribution in [2.45, 2.75) is 25.8 Å². The number of aliphatic carboxylic acids is 1. The number of fused-ring (bicyclic) bond motifs is 1. The summed E-state index contributed by atoms with van der Waals surface area (Å²) in [6, 6.07) is 15.2. The molecule has 35 heavy (non-hydrogen) atoms. The van der Waals surface area contributed by atoms with E-state index in [1.54, 1.807) is 4.90 Å². The second-order valence-corrected chi connectivity index (χ2v) is 10.1. The summed E-state index contributed by atoms with van der Waals surface area (Å²) < 4.78 is 0. The number of amides is 2. The summed E-state index contributed by atoms with van der Waals surface area (Å²) in [4.78, 5) is 43.1. The van der Waals surface area contributed by atoms with Gasteiger partial charge in [0.15, 0.2) is 0 Å². The van der Waals surface area contributed by atoms with Crippen LogP contribution in [0, 0.1) is 5.41 Å². The first-order valence-electron chi connectivity index (χ1n) is 11.3. The summed E-state index contributed by atoms with van der Waals surface area (Å²) in [6.45, 7) is 0.544. The Morgan fingerprint density at radius 2 is 1.71 bits per heavy atom. The van der Waals surface area contributed by atoms with Crippen LogP contribution >= 0.6 is 11.3 Å². The van der Waals surface area contributed by atoms with Crippen LogP contribution in [0.2, 0.25) is 0 Å². The molecule has 0 atom stereocenters. The Bertz CT molecular complexity index is 1210. The van der Waals surface area contributed by atoms with Crippen LogP contribution in [0.5, 0.6) is 0 Å². The van der Waals surface area contributed by atoms with Crippen molar-refractivity contribution in [3.05, 3.63) is 70.0 Å². The molecule has 3 N–H and O–H groups in total. The number of carboxylic acids is 1. The van der Waals surface area contributed by atoms with Crippen LogP contribution < -0.4 is 10.6 Å². The SMILES string of the molecule is CN(C)CC(=O)Nc1ccc(-c2csc(CNC(=O)C3(CC(=O)O)Cc4ccccc4C3)n2)cc1. The Balaban J connectivity index is 1.38. The van der Waals surface area contributed by atoms with Crippen molar-refractivity contribution in [1.82, 2.24) is 15.2 Å². The monoisotopic (exact) mass is 492 g/mol. The predicted molar refractivity (Wildman–Crippen MR) is 135 cm³/mol. The van der Waals surface area contributed by atoms with Gasteiger partial charge in [-0.05, 0) is 50.2 Å². The topological polar surface area (TPSA) is 112 Å². The largest absolute Gasteiger partial charge is 0.481 e. The van der Waals surface area contributed by atoms with Gasteiger partial charge in [0.25, 0.3) is 0 Å². The van der Waals surface area contributed by atoms with Gasteiger partial charge in [-0.1, -0.05) is 36.4 Å². The normalized spacial score (nSPS) is 13.9. The Hall–Kier alpha value is -3.56. The number of nitrogens with one attached hydrogen (secondary N) is 2. The summed E-state index contributed by atoms with van der Waals surface area (Å²) in [5, 5.41) is 17.9. The zero-order valence-corrected chi connectivity index (χ0v) is 20.5. The second-order valence-electron chi connectivity index (χ2n) is 9.15. The summed E-state index contributed by atoms with van der Waals surface area (Å²) in [6.07, 6.45) is 0.623. The number of hydrogen-bond acceptors (Lipinski definition) is 6. The molecule has 4 rings (SSSR count). The quantitative estimate of drug-likeness (QED) is 0.423. The second kappa shape index (κ2) is 10.4. The van der Waals surface area contributed by atoms with Gasteiger partial charge >= 0.3 is 5.97 Å². The number of likely N-dealkylation sites (N-methyl/N-ethyl adjacent to an activating group) is 1. The molecule has 0 saturated carbocycles. The maximum Gasteiger partial charge on any atom is 0.304 e. The minimum Gasteiger partial charge on any atom is -0.481 e. The van der Waals surface area contributed by atoms with Crippen LogP contribution in [0.1, 0.15) is 22.6 Å². The molecular weight excluding hydrogens is 464 g/mol. The highest BCUT2D eigenvalue weighted by Gasteiger charge is 2.45. The van der Waals surface area contributed by atoms with Crippen molar-refractivity contribution < 1.29 is 19.5 Å². The van der Waals surface area contributed by atoms with Crippen LogP contribution in [-0.4, -0.2) is 53.4 Å². The fourth-order valence-corrected chi connectivity index (χ4v) is 5.17. The molecule has 0 spiro atoms. The van der Waals surface area contributed by atoms with E-state index in [0.29, 0.717) is 25.1 Å². The number of anilines is 1. The zero-order chi connectivity index (χ0) is 25.0. The Morgan fingerprint density at radius 1 is 1.06 bits per heavy atom. The van der Waals surface area contributed by atoms with E-state index in [4.69, 9.17) is 0 Å². The highest BCUT2D eigenvalue weighted by atomic mass is 32.1. The number of carbonyl (C=O) groups is 3. The number of aromatic nitrogens is 1. The predicted octanol–water partition coefficient (Wildman–Crippen LogP) is 3.19. The molecule has 2 aromatic carbocycles. The van der Waals surface area contributed by atoms with E-state index < -0.39 is 11.4 Å². The van der Waals surface area contributed by atoms with Gasteiger partial charge < -0.3 is 20.6 Å². The maximum absolute atomic E-state index is 13.2. The molecular formula is C26H28N4O4S. The third kappa shape index (κ3) is 5.93. The van der Waals surface area contributed by atoms with Crippen LogP contribution in [0.3, 0.4) is 0 Å². The molecule has 182 valence electrons. The lowest BCUT2D eigenvalue weighted by molar-refractivity contribution is -0.145. The fourth-order valence-electron chi connectivity index (χ4n) is 4.43. The minimum absolute atomic E-state index is 0.0829. The van der Waals surface area contributed by atoms with Gasteiger partial charge in [-0.3, -0.25) is 14.4 Å². The van der Waals surface area contributed by atoms with Gasteiger partial charge in [0.1, 0.15) is 5.01 Å². The van der Waals surface area contributed by atoms with Gasteiger partial charge in [0.05, 0.1) is 30.6 Å². The summed E-state index contributed by atoms with van der Waals surface area (Å²) >= 11 is 1.43. The minimum atomic E-state index is -0.984. The molecule has 1 aromatic heterocycles. The number of rotatable bonds is 9. The van der Waals surface area contributed by atoms with E-state index >= 15 is 0 Å². The highest BCUT2D eigenvalue weighted by Crippen LogP contribution is 2.40. The molecule has 8 nitrogen and oxygen atoms in total. The van der Waals surface area contributed by atoms with Gasteiger partial charge in [0, 0.05) is 16.6 Å². The molecule has 2 amide bonds. The molecule has 9 heteroatoms. The molecule has 0 aliphatic heterocycles. The van der Waals surface area contributed by atoms with Gasteiger partial charge in [-0.2, -0.15) is 0 Å². The molecule has 3 aromatic rings. The zero-order valence-electron chi connectivity index (χ0n) is 19.7. The number of benzene rings is 2. The van der Waals surface area contributed by atoms with Crippen molar-refractivity contribution >= 4 is 34.8 Å². The van der Waals surface area contributed by atoms with Gasteiger partial charge in [-0.15, -0.1) is 11.3 Å². The Kier molecular flexibility index (Phi) is 7.28. The lowest BCUT2D eigenvalue weighted by Crippen LogP contribution is -2.43. The fraction of sp³-hybridized carbons (Fsp3) is 0.308. The maximum atomic E-state index is 13.2. The Morgan fingerprint density at radius 3 is 2.31 bits per heavy atom. The number of nitrogens with zero attached hydrogens (tertiary/aromatic N) is 2. The molecule has 1 aliphatic rings. The lowest BCUT2D eigenvalue weighted by Gasteiger charge is -2.25. The van der Waals surface area contributed by atoms with E-state index in [2.05, 4.69) is 15.6 Å². The Labute approximate surface area is 208 Å². The first kappa shape index (κ1) is 24.6. The molecule has 0 fully saturated rings. The first-order valence-corrected chi connectivity index (χ1v) is 12.2. The average Bonchev–Trinajstić information content (AvgIpc) is 3.42. The van der Waals surface area contributed by atoms with Gasteiger partial charge in [-0.25, -0.2) is 4.98 Å². The third-order valence-electron chi connectivity index (χ3n) is 6.02. The van der Waals surface area contributed by atoms with E-state index in [0.717, 1.165) is 27.4 Å². The van der Waals surface area contributed by atoms with Crippen LogP contribution in [0.15, 0.2) is 53.9 Å². The van der Waals surface area contributed by atoms with E-state index in [1.807, 2.05) is 68.0 Å². The van der Waals surface area contributed by atoms with Gasteiger partial charge in [0.2, 0.25) is 11.8 Å². The number of carbonyl (C=O) groups excluding carboxylic acids is 2. The molecule has 0 saturated heterocycles. The molecule has 1 aliphatic carbocycles. The summed E-state index contributed by atoms with van der Waals surface area (Å²) in [5.41, 5.74) is 3.47. The number of carboxylic acid groups (broad SMARTS) is 1. The van der Waals surface area contributed by atoms with Crippen LogP contribution in [0.25, 0.3) is 11.3 Å². The van der Waals surface area contributed by atoms with Crippen molar-refractivity contribution in [2.75, 3.05) is 26.0 Å². The smallest absolute Gasteiger partial charge is 0.304 e. The van der Waals surface area contributed by atoms with Crippen LogP contribution in [0.4, 0.5) is 5.69 Å². The molecule has 0 unspecified atom stereocenters. The average molecular weight is 493 g/mol. The number of hydrogen-bond donors (Lipinski definition) is 3. The highest BCUT2D eigenvalue weighted by molar-refractivity contribution is 7.09. The third-order valence-corrected chi connectivity index (χ3v) is 6.87. The summed E-state index contributed by atoms with van der Waals surface area (Å²) in [5.74, 6) is -1.32.